The summed E-state index contributed by atoms with van der Waals surface area (Å²) in [5.41, 5.74) is -0.110. The van der Waals surface area contributed by atoms with Crippen LogP contribution in [0.1, 0.15) is 44.9 Å². The number of nitro groups is 1. The van der Waals surface area contributed by atoms with Gasteiger partial charge in [-0.2, -0.15) is 0 Å². The molecule has 0 saturated heterocycles. The fourth-order valence-corrected chi connectivity index (χ4v) is 2.96. The van der Waals surface area contributed by atoms with Gasteiger partial charge in [0, 0.05) is 18.2 Å². The average Bonchev–Trinajstić information content (AvgIpc) is 2.48. The van der Waals surface area contributed by atoms with Gasteiger partial charge in [-0.25, -0.2) is 0 Å². The van der Waals surface area contributed by atoms with Crippen molar-refractivity contribution < 1.29 is 14.5 Å². The zero-order chi connectivity index (χ0) is 16.7. The highest BCUT2D eigenvalue weighted by Gasteiger charge is 2.15. The number of nitro benzene ring substituents is 1. The van der Waals surface area contributed by atoms with E-state index >= 15 is 0 Å². The maximum atomic E-state index is 12.0. The van der Waals surface area contributed by atoms with E-state index in [1.165, 1.54) is 37.5 Å². The summed E-state index contributed by atoms with van der Waals surface area (Å²) in [7, 11) is 0. The lowest BCUT2D eigenvalue weighted by Gasteiger charge is -2.21. The van der Waals surface area contributed by atoms with Crippen molar-refractivity contribution in [3.63, 3.8) is 0 Å². The third kappa shape index (κ3) is 5.71. The predicted octanol–water partition coefficient (Wildman–Crippen LogP) is 3.86. The minimum atomic E-state index is -0.531. The van der Waals surface area contributed by atoms with Crippen molar-refractivity contribution >= 4 is 23.2 Å². The van der Waals surface area contributed by atoms with E-state index < -0.39 is 4.92 Å². The number of nitrogens with one attached hydrogen (secondary N) is 1. The van der Waals surface area contributed by atoms with Crippen LogP contribution in [0.15, 0.2) is 18.2 Å². The van der Waals surface area contributed by atoms with Gasteiger partial charge in [0.1, 0.15) is 5.75 Å². The van der Waals surface area contributed by atoms with E-state index in [1.54, 1.807) is 0 Å². The van der Waals surface area contributed by atoms with Crippen molar-refractivity contribution in [2.24, 2.45) is 0 Å². The van der Waals surface area contributed by atoms with Gasteiger partial charge in [-0.05, 0) is 18.9 Å². The molecule has 1 aromatic rings. The Morgan fingerprint density at radius 1 is 1.26 bits per heavy atom. The molecule has 0 atom stereocenters. The lowest BCUT2D eigenvalue weighted by Crippen LogP contribution is -2.38. The first-order chi connectivity index (χ1) is 11.1. The summed E-state index contributed by atoms with van der Waals surface area (Å²) in [4.78, 5) is 22.1. The highest BCUT2D eigenvalue weighted by atomic mass is 35.5. The summed E-state index contributed by atoms with van der Waals surface area (Å²) in [5.74, 6) is 0.0788. The van der Waals surface area contributed by atoms with Crippen molar-refractivity contribution in [1.82, 2.24) is 5.32 Å². The van der Waals surface area contributed by atoms with Crippen molar-refractivity contribution in [2.75, 3.05) is 6.61 Å². The van der Waals surface area contributed by atoms with E-state index in [-0.39, 0.29) is 35.0 Å². The minimum absolute atomic E-state index is 0.110. The lowest BCUT2D eigenvalue weighted by molar-refractivity contribution is -0.384. The minimum Gasteiger partial charge on any atom is -0.482 e. The summed E-state index contributed by atoms with van der Waals surface area (Å²) < 4.78 is 5.36. The van der Waals surface area contributed by atoms with Crippen LogP contribution in [0.3, 0.4) is 0 Å². The molecule has 0 radical (unpaired) electrons. The number of amides is 1. The molecule has 0 aromatic heterocycles. The second-order valence-corrected chi connectivity index (χ2v) is 6.18. The van der Waals surface area contributed by atoms with Crippen LogP contribution in [0.4, 0.5) is 5.69 Å². The maximum Gasteiger partial charge on any atom is 0.271 e. The highest BCUT2D eigenvalue weighted by Crippen LogP contribution is 2.28. The van der Waals surface area contributed by atoms with Crippen LogP contribution in [0.2, 0.25) is 5.02 Å². The monoisotopic (exact) mass is 340 g/mol. The summed E-state index contributed by atoms with van der Waals surface area (Å²) in [6, 6.07) is 4.12. The molecule has 0 heterocycles. The van der Waals surface area contributed by atoms with Crippen LogP contribution in [-0.4, -0.2) is 23.5 Å². The Balaban J connectivity index is 1.82. The van der Waals surface area contributed by atoms with E-state index in [4.69, 9.17) is 16.3 Å². The molecule has 0 spiro atoms. The van der Waals surface area contributed by atoms with Gasteiger partial charge in [0.25, 0.3) is 11.6 Å². The molecule has 0 bridgehead atoms. The number of benzene rings is 1. The first kappa shape index (κ1) is 17.5. The van der Waals surface area contributed by atoms with Gasteiger partial charge in [0.15, 0.2) is 6.61 Å². The van der Waals surface area contributed by atoms with Crippen LogP contribution < -0.4 is 10.1 Å². The Morgan fingerprint density at radius 2 is 1.91 bits per heavy atom. The van der Waals surface area contributed by atoms with Crippen molar-refractivity contribution in [3.05, 3.63) is 33.3 Å². The molecule has 0 unspecified atom stereocenters. The molecule has 2 rings (SSSR count). The molecule has 1 aliphatic carbocycles. The number of carbonyl (C=O) groups excluding carboxylic acids is 1. The number of halogens is 1. The first-order valence-corrected chi connectivity index (χ1v) is 8.30. The van der Waals surface area contributed by atoms with Crippen molar-refractivity contribution in [3.8, 4) is 5.75 Å². The lowest BCUT2D eigenvalue weighted by atomic mass is 9.97. The smallest absolute Gasteiger partial charge is 0.271 e. The Kier molecular flexibility index (Phi) is 6.65. The van der Waals surface area contributed by atoms with Gasteiger partial charge in [0.05, 0.1) is 9.95 Å². The molecule has 1 fully saturated rings. The van der Waals surface area contributed by atoms with Gasteiger partial charge >= 0.3 is 0 Å². The zero-order valence-electron chi connectivity index (χ0n) is 12.9. The van der Waals surface area contributed by atoms with Crippen LogP contribution >= 0.6 is 11.6 Å². The third-order valence-corrected chi connectivity index (χ3v) is 4.25. The fraction of sp³-hybridized carbons (Fsp3) is 0.562. The van der Waals surface area contributed by atoms with E-state index in [2.05, 4.69) is 5.32 Å². The van der Waals surface area contributed by atoms with Crippen LogP contribution in [0.25, 0.3) is 0 Å². The Morgan fingerprint density at radius 3 is 2.52 bits per heavy atom. The molecule has 126 valence electrons. The van der Waals surface area contributed by atoms with Gasteiger partial charge < -0.3 is 10.1 Å². The van der Waals surface area contributed by atoms with Gasteiger partial charge in [0.2, 0.25) is 0 Å². The van der Waals surface area contributed by atoms with E-state index in [9.17, 15) is 14.9 Å². The van der Waals surface area contributed by atoms with Crippen molar-refractivity contribution in [1.29, 1.82) is 0 Å². The summed E-state index contributed by atoms with van der Waals surface area (Å²) in [5, 5.41) is 13.8. The van der Waals surface area contributed by atoms with Crippen LogP contribution in [0, 0.1) is 10.1 Å². The standard InChI is InChI=1S/C16H21ClN2O4/c17-14-10-13(19(21)22)8-9-15(14)23-11-16(20)18-12-6-4-2-1-3-5-7-12/h8-10,12H,1-7,11H2,(H,18,20). The topological polar surface area (TPSA) is 81.5 Å². The van der Waals surface area contributed by atoms with Crippen LogP contribution in [0.5, 0.6) is 5.75 Å². The molecule has 7 heteroatoms. The number of carbonyl (C=O) groups is 1. The number of rotatable bonds is 5. The van der Waals surface area contributed by atoms with Crippen LogP contribution in [-0.2, 0) is 4.79 Å². The summed E-state index contributed by atoms with van der Waals surface area (Å²) >= 11 is 5.93. The third-order valence-electron chi connectivity index (χ3n) is 3.96. The number of hydrogen-bond acceptors (Lipinski definition) is 4. The predicted molar refractivity (Wildman–Crippen MR) is 87.9 cm³/mol. The normalized spacial score (nSPS) is 16.2. The molecule has 1 N–H and O–H groups in total. The Hall–Kier alpha value is -1.82. The second-order valence-electron chi connectivity index (χ2n) is 5.77. The van der Waals surface area contributed by atoms with Crippen molar-refractivity contribution in [2.45, 2.75) is 51.0 Å². The number of ether oxygens (including phenoxy) is 1. The average molecular weight is 341 g/mol. The van der Waals surface area contributed by atoms with Gasteiger partial charge in [-0.3, -0.25) is 14.9 Å². The molecule has 23 heavy (non-hydrogen) atoms. The molecule has 6 nitrogen and oxygen atoms in total. The molecular formula is C16H21ClN2O4. The second kappa shape index (κ2) is 8.72. The Labute approximate surface area is 140 Å². The Bertz CT molecular complexity index is 557. The molecule has 0 aliphatic heterocycles. The molecular weight excluding hydrogens is 320 g/mol. The first-order valence-electron chi connectivity index (χ1n) is 7.92. The summed E-state index contributed by atoms with van der Waals surface area (Å²) in [6.07, 6.45) is 8.01. The molecule has 1 amide bonds. The SMILES string of the molecule is O=C(COc1ccc([N+](=O)[O-])cc1Cl)NC1CCCCCCC1. The van der Waals surface area contributed by atoms with E-state index in [0.717, 1.165) is 25.7 Å². The van der Waals surface area contributed by atoms with Gasteiger partial charge in [-0.15, -0.1) is 0 Å². The van der Waals surface area contributed by atoms with E-state index in [1.807, 2.05) is 0 Å². The quantitative estimate of drug-likeness (QED) is 0.652. The number of hydrogen-bond donors (Lipinski definition) is 1. The highest BCUT2D eigenvalue weighted by molar-refractivity contribution is 6.32. The van der Waals surface area contributed by atoms with Gasteiger partial charge in [-0.1, -0.05) is 43.7 Å². The molecule has 1 saturated carbocycles. The zero-order valence-corrected chi connectivity index (χ0v) is 13.7. The summed E-state index contributed by atoms with van der Waals surface area (Å²) in [6.45, 7) is -0.145. The molecule has 1 aliphatic rings. The maximum absolute atomic E-state index is 12.0. The number of nitrogens with zero attached hydrogens (tertiary/aromatic N) is 1. The largest absolute Gasteiger partial charge is 0.482 e. The fourth-order valence-electron chi connectivity index (χ4n) is 2.73. The number of non-ortho nitro benzene ring substituents is 1. The molecule has 1 aromatic carbocycles. The van der Waals surface area contributed by atoms with E-state index in [0.29, 0.717) is 0 Å².